The van der Waals surface area contributed by atoms with Crippen molar-refractivity contribution in [3.63, 3.8) is 0 Å². The van der Waals surface area contributed by atoms with Crippen molar-refractivity contribution in [2.45, 2.75) is 38.3 Å². The average molecular weight is 301 g/mol. The predicted molar refractivity (Wildman–Crippen MR) is 88.9 cm³/mol. The lowest BCUT2D eigenvalue weighted by Gasteiger charge is -2.33. The molecule has 1 aromatic heterocycles. The molecule has 112 valence electrons. The van der Waals surface area contributed by atoms with Crippen LogP contribution in [0.5, 0.6) is 0 Å². The van der Waals surface area contributed by atoms with Crippen LogP contribution in [0.2, 0.25) is 0 Å². The van der Waals surface area contributed by atoms with E-state index in [1.54, 1.807) is 11.3 Å². The maximum absolute atomic E-state index is 6.13. The number of nitrogens with one attached hydrogen (secondary N) is 1. The lowest BCUT2D eigenvalue weighted by atomic mass is 9.90. The van der Waals surface area contributed by atoms with Crippen LogP contribution in [0.1, 0.15) is 36.1 Å². The molecule has 2 atom stereocenters. The number of hydrogen-bond acceptors (Lipinski definition) is 3. The predicted octanol–water partition coefficient (Wildman–Crippen LogP) is 3.97. The molecule has 0 bridgehead atoms. The van der Waals surface area contributed by atoms with Gasteiger partial charge in [-0.3, -0.25) is 0 Å². The molecule has 1 aliphatic rings. The highest BCUT2D eigenvalue weighted by molar-refractivity contribution is 7.07. The van der Waals surface area contributed by atoms with Crippen LogP contribution in [0, 0.1) is 0 Å². The van der Waals surface area contributed by atoms with Crippen molar-refractivity contribution in [3.05, 3.63) is 57.8 Å². The van der Waals surface area contributed by atoms with Crippen molar-refractivity contribution in [1.29, 1.82) is 0 Å². The Morgan fingerprint density at radius 2 is 2.24 bits per heavy atom. The summed E-state index contributed by atoms with van der Waals surface area (Å²) < 4.78 is 6.13. The first-order valence-electron chi connectivity index (χ1n) is 7.82. The largest absolute Gasteiger partial charge is 0.372 e. The molecule has 2 unspecified atom stereocenters. The first-order valence-corrected chi connectivity index (χ1v) is 8.76. The van der Waals surface area contributed by atoms with E-state index in [1.807, 2.05) is 0 Å². The van der Waals surface area contributed by atoms with E-state index in [9.17, 15) is 0 Å². The van der Waals surface area contributed by atoms with Gasteiger partial charge in [-0.1, -0.05) is 31.2 Å². The van der Waals surface area contributed by atoms with E-state index in [0.29, 0.717) is 6.04 Å². The zero-order valence-corrected chi connectivity index (χ0v) is 13.4. The Balaban J connectivity index is 1.74. The highest BCUT2D eigenvalue weighted by Gasteiger charge is 2.27. The molecule has 1 aliphatic heterocycles. The third kappa shape index (κ3) is 3.54. The second-order valence-corrected chi connectivity index (χ2v) is 6.35. The second kappa shape index (κ2) is 7.21. The lowest BCUT2D eigenvalue weighted by molar-refractivity contribution is 0.0137. The van der Waals surface area contributed by atoms with Crippen LogP contribution in [0.4, 0.5) is 0 Å². The molecule has 0 radical (unpaired) electrons. The number of hydrogen-bond donors (Lipinski definition) is 1. The van der Waals surface area contributed by atoms with E-state index in [-0.39, 0.29) is 6.10 Å². The number of likely N-dealkylation sites (N-methyl/N-ethyl adjacent to an activating group) is 1. The normalized spacial score (nSPS) is 19.2. The minimum absolute atomic E-state index is 0.188. The summed E-state index contributed by atoms with van der Waals surface area (Å²) in [6.07, 6.45) is 3.46. The molecule has 3 heteroatoms. The molecule has 2 nitrogen and oxygen atoms in total. The Hall–Kier alpha value is -1.16. The van der Waals surface area contributed by atoms with Gasteiger partial charge in [-0.25, -0.2) is 0 Å². The quantitative estimate of drug-likeness (QED) is 0.871. The highest BCUT2D eigenvalue weighted by atomic mass is 32.1. The van der Waals surface area contributed by atoms with E-state index in [4.69, 9.17) is 4.74 Å². The Morgan fingerprint density at radius 3 is 3.05 bits per heavy atom. The molecule has 3 rings (SSSR count). The van der Waals surface area contributed by atoms with Crippen LogP contribution >= 0.6 is 11.3 Å². The van der Waals surface area contributed by atoms with Gasteiger partial charge < -0.3 is 10.1 Å². The third-order valence-corrected chi connectivity index (χ3v) is 4.92. The fourth-order valence-electron chi connectivity index (χ4n) is 3.14. The smallest absolute Gasteiger partial charge is 0.0980 e. The molecule has 0 fully saturated rings. The van der Waals surface area contributed by atoms with E-state index in [1.165, 1.54) is 16.7 Å². The Bertz CT molecular complexity index is 552. The maximum Gasteiger partial charge on any atom is 0.0980 e. The summed E-state index contributed by atoms with van der Waals surface area (Å²) in [7, 11) is 0. The van der Waals surface area contributed by atoms with Crippen molar-refractivity contribution < 1.29 is 4.74 Å². The van der Waals surface area contributed by atoms with Crippen LogP contribution < -0.4 is 5.32 Å². The van der Waals surface area contributed by atoms with Gasteiger partial charge in [0.25, 0.3) is 0 Å². The molecule has 2 heterocycles. The summed E-state index contributed by atoms with van der Waals surface area (Å²) in [6.45, 7) is 3.99. The zero-order chi connectivity index (χ0) is 14.5. The minimum atomic E-state index is 0.188. The van der Waals surface area contributed by atoms with Gasteiger partial charge >= 0.3 is 0 Å². The van der Waals surface area contributed by atoms with Crippen LogP contribution in [0.25, 0.3) is 0 Å². The fourth-order valence-corrected chi connectivity index (χ4v) is 3.84. The summed E-state index contributed by atoms with van der Waals surface area (Å²) >= 11 is 1.78. The molecule has 0 spiro atoms. The van der Waals surface area contributed by atoms with Gasteiger partial charge in [0.2, 0.25) is 0 Å². The Morgan fingerprint density at radius 1 is 1.33 bits per heavy atom. The van der Waals surface area contributed by atoms with E-state index in [2.05, 4.69) is 53.3 Å². The molecule has 1 N–H and O–H groups in total. The van der Waals surface area contributed by atoms with Gasteiger partial charge in [-0.05, 0) is 59.3 Å². The summed E-state index contributed by atoms with van der Waals surface area (Å²) in [5.41, 5.74) is 4.26. The van der Waals surface area contributed by atoms with Crippen LogP contribution in [0.15, 0.2) is 41.1 Å². The topological polar surface area (TPSA) is 21.3 Å². The molecule has 0 saturated carbocycles. The molecule has 0 saturated heterocycles. The van der Waals surface area contributed by atoms with Crippen molar-refractivity contribution in [1.82, 2.24) is 5.32 Å². The standard InChI is InChI=1S/C18H23NOS/c1-2-19-17(8-7-14-10-12-21-13-14)18-16-6-4-3-5-15(16)9-11-20-18/h3-6,10,12-13,17-19H,2,7-9,11H2,1H3. The first-order chi connectivity index (χ1) is 10.4. The minimum Gasteiger partial charge on any atom is -0.372 e. The van der Waals surface area contributed by atoms with Gasteiger partial charge in [-0.15, -0.1) is 0 Å². The SMILES string of the molecule is CCNC(CCc1ccsc1)C1OCCc2ccccc21. The number of rotatable bonds is 6. The van der Waals surface area contributed by atoms with Crippen LogP contribution in [-0.4, -0.2) is 19.2 Å². The van der Waals surface area contributed by atoms with Crippen molar-refractivity contribution in [2.75, 3.05) is 13.2 Å². The van der Waals surface area contributed by atoms with Gasteiger partial charge in [0.05, 0.1) is 12.7 Å². The van der Waals surface area contributed by atoms with Crippen molar-refractivity contribution in [3.8, 4) is 0 Å². The van der Waals surface area contributed by atoms with Crippen LogP contribution in [0.3, 0.4) is 0 Å². The third-order valence-electron chi connectivity index (χ3n) is 4.19. The first kappa shape index (κ1) is 14.8. The van der Waals surface area contributed by atoms with Gasteiger partial charge in [0.15, 0.2) is 0 Å². The van der Waals surface area contributed by atoms with Crippen molar-refractivity contribution >= 4 is 11.3 Å². The van der Waals surface area contributed by atoms with Gasteiger partial charge in [-0.2, -0.15) is 11.3 Å². The molecule has 2 aromatic rings. The summed E-state index contributed by atoms with van der Waals surface area (Å²) in [6, 6.07) is 11.3. The van der Waals surface area contributed by atoms with Gasteiger partial charge in [0, 0.05) is 6.04 Å². The van der Waals surface area contributed by atoms with E-state index < -0.39 is 0 Å². The summed E-state index contributed by atoms with van der Waals surface area (Å²) in [4.78, 5) is 0. The Kier molecular flexibility index (Phi) is 5.07. The monoisotopic (exact) mass is 301 g/mol. The number of fused-ring (bicyclic) bond motifs is 1. The van der Waals surface area contributed by atoms with Gasteiger partial charge in [0.1, 0.15) is 0 Å². The molecular weight excluding hydrogens is 278 g/mol. The molecular formula is C18H23NOS. The van der Waals surface area contributed by atoms with Crippen LogP contribution in [-0.2, 0) is 17.6 Å². The number of thiophene rings is 1. The molecule has 0 aliphatic carbocycles. The molecule has 1 aromatic carbocycles. The number of aryl methyl sites for hydroxylation is 1. The highest BCUT2D eigenvalue weighted by Crippen LogP contribution is 2.31. The summed E-state index contributed by atoms with van der Waals surface area (Å²) in [5.74, 6) is 0. The number of ether oxygens (including phenoxy) is 1. The molecule has 0 amide bonds. The van der Waals surface area contributed by atoms with E-state index >= 15 is 0 Å². The average Bonchev–Trinajstić information content (AvgIpc) is 3.04. The van der Waals surface area contributed by atoms with Crippen molar-refractivity contribution in [2.24, 2.45) is 0 Å². The maximum atomic E-state index is 6.13. The second-order valence-electron chi connectivity index (χ2n) is 5.57. The molecule has 21 heavy (non-hydrogen) atoms. The Labute approximate surface area is 131 Å². The van der Waals surface area contributed by atoms with E-state index in [0.717, 1.165) is 32.4 Å². The zero-order valence-electron chi connectivity index (χ0n) is 12.5. The fraction of sp³-hybridized carbons (Fsp3) is 0.444. The lowest BCUT2D eigenvalue weighted by Crippen LogP contribution is -2.38. The number of benzene rings is 1. The summed E-state index contributed by atoms with van der Waals surface area (Å²) in [5, 5.41) is 8.04.